The second kappa shape index (κ2) is 10.3. The zero-order valence-electron chi connectivity index (χ0n) is 17.3. The number of carbonyl (C=O) groups is 1. The van der Waals surface area contributed by atoms with Crippen LogP contribution in [0.3, 0.4) is 0 Å². The summed E-state index contributed by atoms with van der Waals surface area (Å²) in [5.41, 5.74) is 6.29. The SMILES string of the molecule is Cc1ccc(-n2c(SCC(=O)N/N=C\c3ccccc3Cl)nnc2-c2ccccc2)cc1. The maximum Gasteiger partial charge on any atom is 0.250 e. The van der Waals surface area contributed by atoms with Crippen molar-refractivity contribution in [3.63, 3.8) is 0 Å². The summed E-state index contributed by atoms with van der Waals surface area (Å²) in [5.74, 6) is 0.602. The number of nitrogens with zero attached hydrogens (tertiary/aromatic N) is 4. The molecule has 1 N–H and O–H groups in total. The van der Waals surface area contributed by atoms with E-state index in [1.54, 1.807) is 6.07 Å². The van der Waals surface area contributed by atoms with Gasteiger partial charge in [0.15, 0.2) is 11.0 Å². The summed E-state index contributed by atoms with van der Waals surface area (Å²) >= 11 is 7.39. The largest absolute Gasteiger partial charge is 0.272 e. The summed E-state index contributed by atoms with van der Waals surface area (Å²) in [4.78, 5) is 12.3. The first-order valence-corrected chi connectivity index (χ1v) is 11.3. The summed E-state index contributed by atoms with van der Waals surface area (Å²) in [5, 5.41) is 13.9. The van der Waals surface area contributed by atoms with E-state index in [4.69, 9.17) is 11.6 Å². The molecule has 1 heterocycles. The van der Waals surface area contributed by atoms with E-state index in [1.807, 2.05) is 84.3 Å². The molecule has 4 aromatic rings. The smallest absolute Gasteiger partial charge is 0.250 e. The number of hydrogen-bond acceptors (Lipinski definition) is 5. The van der Waals surface area contributed by atoms with E-state index in [0.29, 0.717) is 16.0 Å². The molecule has 32 heavy (non-hydrogen) atoms. The van der Waals surface area contributed by atoms with E-state index in [1.165, 1.54) is 18.0 Å². The van der Waals surface area contributed by atoms with Gasteiger partial charge in [0.25, 0.3) is 5.91 Å². The number of thioether (sulfide) groups is 1. The van der Waals surface area contributed by atoms with Gasteiger partial charge in [-0.1, -0.05) is 89.6 Å². The lowest BCUT2D eigenvalue weighted by Gasteiger charge is -2.10. The lowest BCUT2D eigenvalue weighted by molar-refractivity contribution is -0.118. The van der Waals surface area contributed by atoms with E-state index in [0.717, 1.165) is 22.4 Å². The van der Waals surface area contributed by atoms with Gasteiger partial charge in [-0.25, -0.2) is 5.43 Å². The first-order chi connectivity index (χ1) is 15.6. The Labute approximate surface area is 195 Å². The van der Waals surface area contributed by atoms with Crippen molar-refractivity contribution < 1.29 is 4.79 Å². The maximum atomic E-state index is 12.3. The number of hydrogen-bond donors (Lipinski definition) is 1. The van der Waals surface area contributed by atoms with E-state index < -0.39 is 0 Å². The zero-order chi connectivity index (χ0) is 22.3. The predicted molar refractivity (Wildman–Crippen MR) is 129 cm³/mol. The molecule has 0 spiro atoms. The summed E-state index contributed by atoms with van der Waals surface area (Å²) < 4.78 is 1.96. The van der Waals surface area contributed by atoms with E-state index in [2.05, 4.69) is 20.7 Å². The van der Waals surface area contributed by atoms with E-state index in [-0.39, 0.29) is 11.7 Å². The number of aromatic nitrogens is 3. The Morgan fingerprint density at radius 2 is 1.75 bits per heavy atom. The third-order valence-corrected chi connectivity index (χ3v) is 5.86. The molecular weight excluding hydrogens is 442 g/mol. The van der Waals surface area contributed by atoms with Crippen LogP contribution in [0.15, 0.2) is 89.1 Å². The molecule has 0 aliphatic heterocycles. The Bertz CT molecular complexity index is 1240. The molecule has 160 valence electrons. The summed E-state index contributed by atoms with van der Waals surface area (Å²) in [6.45, 7) is 2.04. The average molecular weight is 462 g/mol. The molecular formula is C24H20ClN5OS. The van der Waals surface area contributed by atoms with Crippen LogP contribution in [0.1, 0.15) is 11.1 Å². The van der Waals surface area contributed by atoms with Crippen LogP contribution in [0.5, 0.6) is 0 Å². The third kappa shape index (κ3) is 5.25. The van der Waals surface area contributed by atoms with E-state index >= 15 is 0 Å². The number of nitrogens with one attached hydrogen (secondary N) is 1. The zero-order valence-corrected chi connectivity index (χ0v) is 18.8. The standard InChI is InChI=1S/C24H20ClN5OS/c1-17-11-13-20(14-12-17)30-23(18-7-3-2-4-8-18)28-29-24(30)32-16-22(31)27-26-15-19-9-5-6-10-21(19)25/h2-15H,16H2,1H3,(H,27,31)/b26-15-. The lowest BCUT2D eigenvalue weighted by Crippen LogP contribution is -2.20. The molecule has 3 aromatic carbocycles. The molecule has 0 fully saturated rings. The fraction of sp³-hybridized carbons (Fsp3) is 0.0833. The van der Waals surface area contributed by atoms with Crippen molar-refractivity contribution in [2.75, 3.05) is 5.75 Å². The van der Waals surface area contributed by atoms with E-state index in [9.17, 15) is 4.79 Å². The van der Waals surface area contributed by atoms with Gasteiger partial charge < -0.3 is 0 Å². The minimum Gasteiger partial charge on any atom is -0.272 e. The highest BCUT2D eigenvalue weighted by Gasteiger charge is 2.17. The molecule has 4 rings (SSSR count). The van der Waals surface area contributed by atoms with Gasteiger partial charge >= 0.3 is 0 Å². The van der Waals surface area contributed by atoms with Gasteiger partial charge in [-0.2, -0.15) is 5.10 Å². The molecule has 6 nitrogen and oxygen atoms in total. The number of hydrazone groups is 1. The van der Waals surface area contributed by atoms with Crippen LogP contribution in [-0.4, -0.2) is 32.6 Å². The molecule has 1 aromatic heterocycles. The minimum atomic E-state index is -0.252. The number of amides is 1. The number of benzene rings is 3. The highest BCUT2D eigenvalue weighted by atomic mass is 35.5. The Morgan fingerprint density at radius 3 is 2.50 bits per heavy atom. The quantitative estimate of drug-likeness (QED) is 0.235. The highest BCUT2D eigenvalue weighted by Crippen LogP contribution is 2.28. The normalized spacial score (nSPS) is 11.1. The van der Waals surface area contributed by atoms with Crippen LogP contribution in [0.2, 0.25) is 5.02 Å². The maximum absolute atomic E-state index is 12.3. The van der Waals surface area contributed by atoms with Gasteiger partial charge in [-0.3, -0.25) is 9.36 Å². The fourth-order valence-electron chi connectivity index (χ4n) is 2.98. The molecule has 0 bridgehead atoms. The van der Waals surface area contributed by atoms with Crippen LogP contribution in [0.25, 0.3) is 17.1 Å². The molecule has 0 atom stereocenters. The summed E-state index contributed by atoms with van der Waals surface area (Å²) in [6.07, 6.45) is 1.52. The number of halogens is 1. The predicted octanol–water partition coefficient (Wildman–Crippen LogP) is 5.14. The minimum absolute atomic E-state index is 0.138. The molecule has 0 radical (unpaired) electrons. The Morgan fingerprint density at radius 1 is 1.03 bits per heavy atom. The van der Waals surface area contributed by atoms with Crippen LogP contribution >= 0.6 is 23.4 Å². The molecule has 1 amide bonds. The van der Waals surface area contributed by atoms with Crippen molar-refractivity contribution in [1.29, 1.82) is 0 Å². The second-order valence-corrected chi connectivity index (χ2v) is 8.30. The van der Waals surface area contributed by atoms with Crippen molar-refractivity contribution >= 4 is 35.5 Å². The van der Waals surface area contributed by atoms with Gasteiger partial charge in [0.2, 0.25) is 0 Å². The molecule has 0 saturated heterocycles. The Hall–Kier alpha value is -3.42. The van der Waals surface area contributed by atoms with Gasteiger partial charge in [-0.05, 0) is 25.1 Å². The molecule has 0 unspecified atom stereocenters. The van der Waals surface area contributed by atoms with Crippen molar-refractivity contribution in [3.05, 3.63) is 95.0 Å². The molecule has 0 saturated carbocycles. The van der Waals surface area contributed by atoms with Crippen LogP contribution in [-0.2, 0) is 4.79 Å². The van der Waals surface area contributed by atoms with Gasteiger partial charge in [0.1, 0.15) is 0 Å². The molecule has 8 heteroatoms. The van der Waals surface area contributed by atoms with Gasteiger partial charge in [0.05, 0.1) is 12.0 Å². The van der Waals surface area contributed by atoms with Crippen molar-refractivity contribution in [3.8, 4) is 17.1 Å². The monoisotopic (exact) mass is 461 g/mol. The van der Waals surface area contributed by atoms with Crippen LogP contribution in [0, 0.1) is 6.92 Å². The van der Waals surface area contributed by atoms with Crippen molar-refractivity contribution in [2.24, 2.45) is 5.10 Å². The highest BCUT2D eigenvalue weighted by molar-refractivity contribution is 7.99. The Balaban J connectivity index is 1.51. The average Bonchev–Trinajstić information content (AvgIpc) is 3.24. The second-order valence-electron chi connectivity index (χ2n) is 6.95. The van der Waals surface area contributed by atoms with Crippen molar-refractivity contribution in [1.82, 2.24) is 20.2 Å². The Kier molecular flexibility index (Phi) is 6.99. The lowest BCUT2D eigenvalue weighted by atomic mass is 10.2. The topological polar surface area (TPSA) is 72.2 Å². The first-order valence-electron chi connectivity index (χ1n) is 9.89. The summed E-state index contributed by atoms with van der Waals surface area (Å²) in [6, 6.07) is 25.2. The number of aryl methyl sites for hydroxylation is 1. The van der Waals surface area contributed by atoms with Crippen LogP contribution in [0.4, 0.5) is 0 Å². The number of rotatable bonds is 7. The summed E-state index contributed by atoms with van der Waals surface area (Å²) in [7, 11) is 0. The van der Waals surface area contributed by atoms with Crippen molar-refractivity contribution in [2.45, 2.75) is 12.1 Å². The first kappa shape index (κ1) is 21.8. The number of carbonyl (C=O) groups excluding carboxylic acids is 1. The van der Waals surface area contributed by atoms with Crippen LogP contribution < -0.4 is 5.43 Å². The fourth-order valence-corrected chi connectivity index (χ4v) is 3.91. The molecule has 0 aliphatic rings. The third-order valence-electron chi connectivity index (χ3n) is 4.59. The molecule has 0 aliphatic carbocycles. The van der Waals surface area contributed by atoms with Gasteiger partial charge in [-0.15, -0.1) is 10.2 Å². The van der Waals surface area contributed by atoms with Gasteiger partial charge in [0, 0.05) is 21.8 Å².